The molecule has 2 aromatic rings. The van der Waals surface area contributed by atoms with Crippen molar-refractivity contribution >= 4 is 55.9 Å². The molecule has 0 saturated carbocycles. The molecule has 0 amide bonds. The van der Waals surface area contributed by atoms with Crippen LogP contribution < -0.4 is 4.72 Å². The predicted octanol–water partition coefficient (Wildman–Crippen LogP) is 4.23. The first-order valence-corrected chi connectivity index (χ1v) is 8.75. The zero-order valence-corrected chi connectivity index (χ0v) is 14.4. The molecule has 0 bridgehead atoms. The molecule has 0 spiro atoms. The number of hydrogen-bond donors (Lipinski definition) is 2. The summed E-state index contributed by atoms with van der Waals surface area (Å²) >= 11 is 17.6. The Balaban J connectivity index is 2.86. The third-order valence-electron chi connectivity index (χ3n) is 2.80. The Kier molecular flexibility index (Phi) is 5.08. The van der Waals surface area contributed by atoms with Gasteiger partial charge in [0.1, 0.15) is 10.4 Å². The van der Waals surface area contributed by atoms with Crippen LogP contribution in [0.2, 0.25) is 15.1 Å². The van der Waals surface area contributed by atoms with Crippen LogP contribution in [-0.4, -0.2) is 24.9 Å². The summed E-state index contributed by atoms with van der Waals surface area (Å²) in [7, 11) is -4.21. The molecule has 2 rings (SSSR count). The van der Waals surface area contributed by atoms with Gasteiger partial charge in [-0.05, 0) is 6.42 Å². The van der Waals surface area contributed by atoms with E-state index in [1.54, 1.807) is 6.92 Å². The molecule has 12 heteroatoms. The van der Waals surface area contributed by atoms with Gasteiger partial charge in [0.15, 0.2) is 0 Å². The second kappa shape index (κ2) is 6.29. The number of rotatable bonds is 4. The number of imidazole rings is 1. The Morgan fingerprint density at radius 3 is 2.30 bits per heavy atom. The molecule has 23 heavy (non-hydrogen) atoms. The molecule has 0 atom stereocenters. The number of hydrogen-bond acceptors (Lipinski definition) is 3. The number of alkyl halides is 3. The summed E-state index contributed by atoms with van der Waals surface area (Å²) in [5.74, 6) is -1.40. The highest BCUT2D eigenvalue weighted by Crippen LogP contribution is 2.42. The standard InChI is InChI=1S/C11H9Cl3F3N3O2S/c1-2-3-18-23(21,22)9-6(14)4(12)5(13)7-8(9)20-10(19-7)11(15,16)17/h18H,2-3H2,1H3,(H,19,20). The Morgan fingerprint density at radius 2 is 1.78 bits per heavy atom. The summed E-state index contributed by atoms with van der Waals surface area (Å²) in [6, 6.07) is 0. The van der Waals surface area contributed by atoms with E-state index in [-0.39, 0.29) is 11.6 Å². The van der Waals surface area contributed by atoms with Crippen molar-refractivity contribution in [3.63, 3.8) is 0 Å². The third-order valence-corrected chi connectivity index (χ3v) is 5.76. The van der Waals surface area contributed by atoms with Crippen LogP contribution in [0.4, 0.5) is 13.2 Å². The number of halogens is 6. The van der Waals surface area contributed by atoms with Crippen LogP contribution in [0.25, 0.3) is 11.0 Å². The first kappa shape index (κ1) is 18.6. The lowest BCUT2D eigenvalue weighted by atomic mass is 10.3. The highest BCUT2D eigenvalue weighted by atomic mass is 35.5. The van der Waals surface area contributed by atoms with E-state index in [0.717, 1.165) is 0 Å². The monoisotopic (exact) mass is 409 g/mol. The zero-order chi connectivity index (χ0) is 17.6. The highest BCUT2D eigenvalue weighted by molar-refractivity contribution is 7.89. The first-order valence-electron chi connectivity index (χ1n) is 6.13. The van der Waals surface area contributed by atoms with Gasteiger partial charge in [0.2, 0.25) is 15.8 Å². The summed E-state index contributed by atoms with van der Waals surface area (Å²) in [4.78, 5) is 4.58. The van der Waals surface area contributed by atoms with E-state index in [2.05, 4.69) is 9.71 Å². The zero-order valence-electron chi connectivity index (χ0n) is 11.4. The molecule has 0 radical (unpaired) electrons. The van der Waals surface area contributed by atoms with Crippen LogP contribution in [0.5, 0.6) is 0 Å². The van der Waals surface area contributed by atoms with E-state index in [1.807, 2.05) is 4.98 Å². The molecule has 0 fully saturated rings. The molecule has 1 heterocycles. The molecule has 0 unspecified atom stereocenters. The van der Waals surface area contributed by atoms with Crippen LogP contribution in [0.3, 0.4) is 0 Å². The molecular weight excluding hydrogens is 402 g/mol. The smallest absolute Gasteiger partial charge is 0.333 e. The van der Waals surface area contributed by atoms with E-state index in [9.17, 15) is 21.6 Å². The Hall–Kier alpha value is -0.740. The molecule has 2 N–H and O–H groups in total. The van der Waals surface area contributed by atoms with Gasteiger partial charge >= 0.3 is 6.18 Å². The highest BCUT2D eigenvalue weighted by Gasteiger charge is 2.37. The molecule has 0 aliphatic heterocycles. The van der Waals surface area contributed by atoms with Crippen molar-refractivity contribution in [2.75, 3.05) is 6.54 Å². The Morgan fingerprint density at radius 1 is 1.17 bits per heavy atom. The number of benzene rings is 1. The van der Waals surface area contributed by atoms with Crippen molar-refractivity contribution in [1.29, 1.82) is 0 Å². The maximum Gasteiger partial charge on any atom is 0.449 e. The quantitative estimate of drug-likeness (QED) is 0.741. The van der Waals surface area contributed by atoms with E-state index >= 15 is 0 Å². The topological polar surface area (TPSA) is 74.8 Å². The number of aromatic amines is 1. The maximum atomic E-state index is 12.8. The molecule has 1 aromatic heterocycles. The summed E-state index contributed by atoms with van der Waals surface area (Å²) in [6.45, 7) is 1.78. The number of nitrogens with one attached hydrogen (secondary N) is 2. The number of sulfonamides is 1. The van der Waals surface area contributed by atoms with Gasteiger partial charge in [-0.25, -0.2) is 18.1 Å². The van der Waals surface area contributed by atoms with Gasteiger partial charge < -0.3 is 4.98 Å². The van der Waals surface area contributed by atoms with Crippen LogP contribution in [0.1, 0.15) is 19.2 Å². The van der Waals surface area contributed by atoms with Crippen molar-refractivity contribution in [2.45, 2.75) is 24.4 Å². The first-order chi connectivity index (χ1) is 10.5. The predicted molar refractivity (Wildman–Crippen MR) is 81.6 cm³/mol. The summed E-state index contributed by atoms with van der Waals surface area (Å²) in [6.07, 6.45) is -4.35. The van der Waals surface area contributed by atoms with Gasteiger partial charge in [-0.15, -0.1) is 0 Å². The van der Waals surface area contributed by atoms with Gasteiger partial charge in [0.25, 0.3) is 0 Å². The molecule has 128 valence electrons. The van der Waals surface area contributed by atoms with Crippen molar-refractivity contribution in [2.24, 2.45) is 0 Å². The van der Waals surface area contributed by atoms with Gasteiger partial charge in [-0.3, -0.25) is 0 Å². The van der Waals surface area contributed by atoms with E-state index < -0.39 is 48.0 Å². The van der Waals surface area contributed by atoms with Gasteiger partial charge in [-0.1, -0.05) is 41.7 Å². The Bertz CT molecular complexity index is 865. The van der Waals surface area contributed by atoms with E-state index in [4.69, 9.17) is 34.8 Å². The van der Waals surface area contributed by atoms with Crippen LogP contribution in [0.15, 0.2) is 4.90 Å². The second-order valence-corrected chi connectivity index (χ2v) is 7.31. The lowest BCUT2D eigenvalue weighted by Gasteiger charge is -2.11. The van der Waals surface area contributed by atoms with E-state index in [0.29, 0.717) is 6.42 Å². The lowest BCUT2D eigenvalue weighted by Crippen LogP contribution is -2.25. The summed E-state index contributed by atoms with van der Waals surface area (Å²) in [5.41, 5.74) is -0.884. The third kappa shape index (κ3) is 3.39. The molecule has 5 nitrogen and oxygen atoms in total. The van der Waals surface area contributed by atoms with E-state index in [1.165, 1.54) is 0 Å². The van der Waals surface area contributed by atoms with Crippen LogP contribution in [0, 0.1) is 0 Å². The van der Waals surface area contributed by atoms with Gasteiger partial charge in [-0.2, -0.15) is 13.2 Å². The van der Waals surface area contributed by atoms with Crippen LogP contribution in [-0.2, 0) is 16.2 Å². The fraction of sp³-hybridized carbons (Fsp3) is 0.364. The number of nitrogens with zero attached hydrogens (tertiary/aromatic N) is 1. The average Bonchev–Trinajstić information content (AvgIpc) is 2.87. The summed E-state index contributed by atoms with van der Waals surface area (Å²) < 4.78 is 65.3. The number of aromatic nitrogens is 2. The SMILES string of the molecule is CCCNS(=O)(=O)c1c(Cl)c(Cl)c(Cl)c2nc(C(F)(F)F)[nH]c12. The minimum absolute atomic E-state index is 0.0701. The van der Waals surface area contributed by atoms with Gasteiger partial charge in [0, 0.05) is 6.54 Å². The van der Waals surface area contributed by atoms with Crippen molar-refractivity contribution in [1.82, 2.24) is 14.7 Å². The van der Waals surface area contributed by atoms with Gasteiger partial charge in [0.05, 0.1) is 20.6 Å². The van der Waals surface area contributed by atoms with Crippen LogP contribution >= 0.6 is 34.8 Å². The lowest BCUT2D eigenvalue weighted by molar-refractivity contribution is -0.144. The molecule has 0 aliphatic carbocycles. The number of fused-ring (bicyclic) bond motifs is 1. The number of H-pyrrole nitrogens is 1. The summed E-state index contributed by atoms with van der Waals surface area (Å²) in [5, 5.41) is -1.24. The molecule has 0 aliphatic rings. The molecule has 1 aromatic carbocycles. The fourth-order valence-corrected chi connectivity index (χ4v) is 4.19. The largest absolute Gasteiger partial charge is 0.449 e. The van der Waals surface area contributed by atoms with Crippen molar-refractivity contribution in [3.8, 4) is 0 Å². The molecular formula is C11H9Cl3F3N3O2S. The fourth-order valence-electron chi connectivity index (χ4n) is 1.80. The maximum absolute atomic E-state index is 12.8. The van der Waals surface area contributed by atoms with Crippen molar-refractivity contribution in [3.05, 3.63) is 20.9 Å². The molecule has 0 saturated heterocycles. The minimum atomic E-state index is -4.82. The Labute approximate surface area is 144 Å². The average molecular weight is 411 g/mol. The second-order valence-electron chi connectivity index (χ2n) is 4.48. The van der Waals surface area contributed by atoms with Crippen molar-refractivity contribution < 1.29 is 21.6 Å². The normalized spacial score (nSPS) is 13.0. The minimum Gasteiger partial charge on any atom is -0.333 e.